The maximum absolute atomic E-state index is 6.28. The first kappa shape index (κ1) is 18.1. The van der Waals surface area contributed by atoms with Gasteiger partial charge >= 0.3 is 0 Å². The molecule has 0 saturated carbocycles. The lowest BCUT2D eigenvalue weighted by Crippen LogP contribution is -2.14. The van der Waals surface area contributed by atoms with E-state index in [1.165, 1.54) is 11.9 Å². The van der Waals surface area contributed by atoms with Crippen molar-refractivity contribution in [3.05, 3.63) is 72.6 Å². The van der Waals surface area contributed by atoms with Gasteiger partial charge in [0.05, 0.1) is 11.4 Å². The molecular weight excluding hydrogens is 388 g/mol. The number of allylic oxidation sites excluding steroid dienone is 1. The Kier molecular flexibility index (Phi) is 4.21. The van der Waals surface area contributed by atoms with Gasteiger partial charge in [-0.25, -0.2) is 14.6 Å². The zero-order valence-electron chi connectivity index (χ0n) is 16.9. The summed E-state index contributed by atoms with van der Waals surface area (Å²) < 4.78 is 7.94. The number of hydrogen-bond donors (Lipinski definition) is 2. The fourth-order valence-electron chi connectivity index (χ4n) is 4.61. The van der Waals surface area contributed by atoms with Gasteiger partial charge in [0.2, 0.25) is 0 Å². The fraction of sp³-hybridized carbons (Fsp3) is 0.208. The Hall–Kier alpha value is -3.71. The molecule has 1 aliphatic heterocycles. The van der Waals surface area contributed by atoms with Gasteiger partial charge in [-0.15, -0.1) is 0 Å². The average molecular weight is 410 g/mol. The Labute approximate surface area is 179 Å². The highest BCUT2D eigenvalue weighted by Gasteiger charge is 2.32. The average Bonchev–Trinajstić information content (AvgIpc) is 3.49. The van der Waals surface area contributed by atoms with Crippen LogP contribution < -0.4 is 15.8 Å². The number of nitrogen functional groups attached to an aromatic ring is 1. The van der Waals surface area contributed by atoms with Crippen LogP contribution in [0.3, 0.4) is 0 Å². The van der Waals surface area contributed by atoms with Crippen molar-refractivity contribution in [2.45, 2.75) is 12.5 Å². The quantitative estimate of drug-likeness (QED) is 0.495. The Morgan fingerprint density at radius 3 is 2.61 bits per heavy atom. The molecule has 1 fully saturated rings. The van der Waals surface area contributed by atoms with Crippen LogP contribution in [0.4, 0.5) is 5.82 Å². The molecule has 2 aromatic carbocycles. The molecular formula is C24H22N6O. The summed E-state index contributed by atoms with van der Waals surface area (Å²) in [6.07, 6.45) is 4.88. The van der Waals surface area contributed by atoms with Crippen LogP contribution in [-0.2, 0) is 0 Å². The van der Waals surface area contributed by atoms with Gasteiger partial charge in [0.15, 0.2) is 5.65 Å². The van der Waals surface area contributed by atoms with E-state index >= 15 is 0 Å². The van der Waals surface area contributed by atoms with E-state index in [2.05, 4.69) is 21.4 Å². The lowest BCUT2D eigenvalue weighted by atomic mass is 10.1. The molecule has 6 rings (SSSR count). The molecule has 4 aromatic rings. The van der Waals surface area contributed by atoms with Gasteiger partial charge in [0, 0.05) is 18.7 Å². The van der Waals surface area contributed by atoms with Crippen LogP contribution in [0.15, 0.2) is 72.6 Å². The van der Waals surface area contributed by atoms with E-state index in [0.717, 1.165) is 53.3 Å². The molecule has 3 N–H and O–H groups in total. The topological polar surface area (TPSA) is 90.9 Å². The minimum Gasteiger partial charge on any atom is -0.457 e. The van der Waals surface area contributed by atoms with E-state index in [1.807, 2.05) is 59.3 Å². The SMILES string of the molecule is Nc1ncnc2c1c(-c1ccc(Oc3ccccc3)cc1)nn2C1C=C2CNCC2C1. The monoisotopic (exact) mass is 410 g/mol. The Bertz CT molecular complexity index is 1280. The minimum absolute atomic E-state index is 0.188. The van der Waals surface area contributed by atoms with E-state index in [0.29, 0.717) is 11.7 Å². The van der Waals surface area contributed by atoms with E-state index < -0.39 is 0 Å². The molecule has 2 aliphatic rings. The van der Waals surface area contributed by atoms with Crippen LogP contribution in [-0.4, -0.2) is 32.8 Å². The fourth-order valence-corrected chi connectivity index (χ4v) is 4.61. The van der Waals surface area contributed by atoms with Gasteiger partial charge < -0.3 is 15.8 Å². The van der Waals surface area contributed by atoms with Crippen LogP contribution in [0.1, 0.15) is 12.5 Å². The standard InChI is InChI=1S/C24H22N6O/c25-23-21-22(15-6-8-20(9-7-15)31-19-4-2-1-3-5-19)29-30(24(21)28-14-27-23)18-10-16-12-26-13-17(16)11-18/h1-10,14,17-18,26H,11-13H2,(H2,25,27,28). The first-order chi connectivity index (χ1) is 15.3. The molecule has 0 spiro atoms. The Morgan fingerprint density at radius 1 is 1.00 bits per heavy atom. The highest BCUT2D eigenvalue weighted by Crippen LogP contribution is 2.39. The minimum atomic E-state index is 0.188. The third kappa shape index (κ3) is 3.14. The third-order valence-corrected chi connectivity index (χ3v) is 6.12. The van der Waals surface area contributed by atoms with Gasteiger partial charge in [-0.05, 0) is 48.7 Å². The summed E-state index contributed by atoms with van der Waals surface area (Å²) in [5.74, 6) is 2.60. The molecule has 2 atom stereocenters. The van der Waals surface area contributed by atoms with Crippen molar-refractivity contribution in [2.75, 3.05) is 18.8 Å². The number of nitrogens with one attached hydrogen (secondary N) is 1. The summed E-state index contributed by atoms with van der Waals surface area (Å²) >= 11 is 0. The van der Waals surface area contributed by atoms with Crippen molar-refractivity contribution in [3.8, 4) is 22.8 Å². The van der Waals surface area contributed by atoms with E-state index in [9.17, 15) is 0 Å². The van der Waals surface area contributed by atoms with Gasteiger partial charge in [-0.1, -0.05) is 29.8 Å². The first-order valence-electron chi connectivity index (χ1n) is 10.5. The molecule has 154 valence electrons. The molecule has 0 amide bonds. The van der Waals surface area contributed by atoms with E-state index in [-0.39, 0.29) is 6.04 Å². The second-order valence-corrected chi connectivity index (χ2v) is 8.06. The third-order valence-electron chi connectivity index (χ3n) is 6.12. The summed E-state index contributed by atoms with van der Waals surface area (Å²) in [5.41, 5.74) is 10.3. The summed E-state index contributed by atoms with van der Waals surface area (Å²) in [6, 6.07) is 17.8. The molecule has 1 aliphatic carbocycles. The van der Waals surface area contributed by atoms with Gasteiger partial charge in [-0.2, -0.15) is 5.10 Å². The number of fused-ring (bicyclic) bond motifs is 2. The number of anilines is 1. The molecule has 7 heteroatoms. The maximum Gasteiger partial charge on any atom is 0.164 e. The van der Waals surface area contributed by atoms with Crippen LogP contribution in [0.5, 0.6) is 11.5 Å². The van der Waals surface area contributed by atoms with Crippen LogP contribution in [0, 0.1) is 5.92 Å². The molecule has 3 heterocycles. The Morgan fingerprint density at radius 2 is 1.81 bits per heavy atom. The summed E-state index contributed by atoms with van der Waals surface area (Å²) in [5, 5.41) is 9.21. The first-order valence-corrected chi connectivity index (χ1v) is 10.5. The number of benzene rings is 2. The van der Waals surface area contributed by atoms with Crippen LogP contribution >= 0.6 is 0 Å². The molecule has 0 bridgehead atoms. The highest BCUT2D eigenvalue weighted by atomic mass is 16.5. The number of nitrogens with two attached hydrogens (primary N) is 1. The van der Waals surface area contributed by atoms with Crippen molar-refractivity contribution in [3.63, 3.8) is 0 Å². The number of rotatable bonds is 4. The lowest BCUT2D eigenvalue weighted by molar-refractivity contribution is 0.480. The van der Waals surface area contributed by atoms with Gasteiger partial charge in [0.1, 0.15) is 29.3 Å². The largest absolute Gasteiger partial charge is 0.457 e. The molecule has 2 unspecified atom stereocenters. The zero-order chi connectivity index (χ0) is 20.8. The smallest absolute Gasteiger partial charge is 0.164 e. The molecule has 31 heavy (non-hydrogen) atoms. The molecule has 7 nitrogen and oxygen atoms in total. The summed E-state index contributed by atoms with van der Waals surface area (Å²) in [4.78, 5) is 8.77. The van der Waals surface area contributed by atoms with Crippen LogP contribution in [0.2, 0.25) is 0 Å². The Balaban J connectivity index is 1.38. The van der Waals surface area contributed by atoms with Crippen molar-refractivity contribution >= 4 is 16.9 Å². The number of para-hydroxylation sites is 1. The van der Waals surface area contributed by atoms with Crippen molar-refractivity contribution in [1.29, 1.82) is 0 Å². The normalized spacial score (nSPS) is 20.1. The predicted octanol–water partition coefficient (Wildman–Crippen LogP) is 3.96. The van der Waals surface area contributed by atoms with Crippen molar-refractivity contribution in [1.82, 2.24) is 25.1 Å². The molecule has 2 aromatic heterocycles. The van der Waals surface area contributed by atoms with Gasteiger partial charge in [0.25, 0.3) is 0 Å². The summed E-state index contributed by atoms with van der Waals surface area (Å²) in [6.45, 7) is 2.00. The van der Waals surface area contributed by atoms with E-state index in [4.69, 9.17) is 15.6 Å². The lowest BCUT2D eigenvalue weighted by Gasteiger charge is -2.11. The number of hydrogen-bond acceptors (Lipinski definition) is 6. The van der Waals surface area contributed by atoms with Crippen LogP contribution in [0.25, 0.3) is 22.3 Å². The number of nitrogens with zero attached hydrogens (tertiary/aromatic N) is 4. The highest BCUT2D eigenvalue weighted by molar-refractivity contribution is 5.98. The molecule has 1 saturated heterocycles. The number of aromatic nitrogens is 4. The van der Waals surface area contributed by atoms with Crippen molar-refractivity contribution in [2.24, 2.45) is 5.92 Å². The van der Waals surface area contributed by atoms with Gasteiger partial charge in [-0.3, -0.25) is 0 Å². The predicted molar refractivity (Wildman–Crippen MR) is 120 cm³/mol. The second-order valence-electron chi connectivity index (χ2n) is 8.06. The zero-order valence-corrected chi connectivity index (χ0v) is 16.9. The second kappa shape index (κ2) is 7.21. The van der Waals surface area contributed by atoms with E-state index in [1.54, 1.807) is 0 Å². The molecule has 0 radical (unpaired) electrons. The number of ether oxygens (including phenoxy) is 1. The summed E-state index contributed by atoms with van der Waals surface area (Å²) in [7, 11) is 0. The van der Waals surface area contributed by atoms with Crippen molar-refractivity contribution < 1.29 is 4.74 Å². The maximum atomic E-state index is 6.28.